The van der Waals surface area contributed by atoms with Gasteiger partial charge in [-0.2, -0.15) is 0 Å². The van der Waals surface area contributed by atoms with Crippen molar-refractivity contribution in [3.8, 4) is 0 Å². The molecule has 0 unspecified atom stereocenters. The SMILES string of the molecule is Cc1nc(C)c(C=C(C(=O)O)c2cccs2)s1. The Morgan fingerprint density at radius 1 is 1.47 bits per heavy atom. The molecule has 0 aliphatic carbocycles. The number of aliphatic carboxylic acids is 1. The molecule has 17 heavy (non-hydrogen) atoms. The first kappa shape index (κ1) is 12.0. The summed E-state index contributed by atoms with van der Waals surface area (Å²) in [4.78, 5) is 17.2. The minimum atomic E-state index is -0.905. The molecule has 3 nitrogen and oxygen atoms in total. The van der Waals surface area contributed by atoms with Crippen LogP contribution in [0.2, 0.25) is 0 Å². The number of thiazole rings is 1. The summed E-state index contributed by atoms with van der Waals surface area (Å²) >= 11 is 2.94. The maximum absolute atomic E-state index is 11.2. The van der Waals surface area contributed by atoms with E-state index < -0.39 is 5.97 Å². The Bertz CT molecular complexity index is 567. The molecule has 2 aromatic heterocycles. The maximum atomic E-state index is 11.2. The lowest BCUT2D eigenvalue weighted by atomic mass is 10.2. The molecule has 0 saturated heterocycles. The van der Waals surface area contributed by atoms with E-state index in [2.05, 4.69) is 4.98 Å². The Morgan fingerprint density at radius 3 is 2.71 bits per heavy atom. The van der Waals surface area contributed by atoms with E-state index in [1.807, 2.05) is 31.4 Å². The molecule has 2 heterocycles. The average molecular weight is 265 g/mol. The van der Waals surface area contributed by atoms with Crippen LogP contribution in [0.4, 0.5) is 0 Å². The maximum Gasteiger partial charge on any atom is 0.337 e. The van der Waals surface area contributed by atoms with Crippen LogP contribution in [-0.2, 0) is 4.79 Å². The number of carboxylic acid groups (broad SMARTS) is 1. The molecule has 0 bridgehead atoms. The lowest BCUT2D eigenvalue weighted by molar-refractivity contribution is -0.130. The summed E-state index contributed by atoms with van der Waals surface area (Å²) in [5.41, 5.74) is 1.20. The van der Waals surface area contributed by atoms with Gasteiger partial charge in [-0.25, -0.2) is 9.78 Å². The van der Waals surface area contributed by atoms with E-state index >= 15 is 0 Å². The second-order valence-corrected chi connectivity index (χ2v) is 5.71. The molecule has 2 aromatic rings. The first-order chi connectivity index (χ1) is 8.08. The summed E-state index contributed by atoms with van der Waals surface area (Å²) in [6.45, 7) is 3.81. The molecule has 0 amide bonds. The molecule has 0 fully saturated rings. The van der Waals surface area contributed by atoms with Crippen molar-refractivity contribution >= 4 is 40.3 Å². The molecule has 88 valence electrons. The Morgan fingerprint density at radius 2 is 2.24 bits per heavy atom. The van der Waals surface area contributed by atoms with Gasteiger partial charge in [0.1, 0.15) is 0 Å². The number of hydrogen-bond acceptors (Lipinski definition) is 4. The summed E-state index contributed by atoms with van der Waals surface area (Å²) in [6.07, 6.45) is 1.70. The summed E-state index contributed by atoms with van der Waals surface area (Å²) in [6, 6.07) is 3.66. The van der Waals surface area contributed by atoms with E-state index in [9.17, 15) is 9.90 Å². The second kappa shape index (κ2) is 4.81. The average Bonchev–Trinajstić information content (AvgIpc) is 2.84. The minimum Gasteiger partial charge on any atom is -0.478 e. The summed E-state index contributed by atoms with van der Waals surface area (Å²) < 4.78 is 0. The van der Waals surface area contributed by atoms with Crippen LogP contribution >= 0.6 is 22.7 Å². The van der Waals surface area contributed by atoms with E-state index in [0.29, 0.717) is 5.57 Å². The number of carbonyl (C=O) groups is 1. The monoisotopic (exact) mass is 265 g/mol. The number of nitrogens with zero attached hydrogens (tertiary/aromatic N) is 1. The molecule has 0 aromatic carbocycles. The predicted molar refractivity (Wildman–Crippen MR) is 71.4 cm³/mol. The third-order valence-corrected chi connectivity index (χ3v) is 4.15. The molecule has 0 saturated carbocycles. The minimum absolute atomic E-state index is 0.326. The molecule has 1 N–H and O–H groups in total. The van der Waals surface area contributed by atoms with Crippen LogP contribution in [0.15, 0.2) is 17.5 Å². The van der Waals surface area contributed by atoms with Crippen LogP contribution in [0.5, 0.6) is 0 Å². The molecule has 0 spiro atoms. The zero-order valence-corrected chi connectivity index (χ0v) is 11.1. The van der Waals surface area contributed by atoms with Gasteiger partial charge in [0.05, 0.1) is 21.2 Å². The van der Waals surface area contributed by atoms with Gasteiger partial charge in [-0.3, -0.25) is 0 Å². The van der Waals surface area contributed by atoms with Gasteiger partial charge in [-0.05, 0) is 31.4 Å². The van der Waals surface area contributed by atoms with Gasteiger partial charge in [0, 0.05) is 4.88 Å². The highest BCUT2D eigenvalue weighted by molar-refractivity contribution is 7.13. The van der Waals surface area contributed by atoms with E-state index in [4.69, 9.17) is 0 Å². The Hall–Kier alpha value is -1.46. The number of aromatic nitrogens is 1. The van der Waals surface area contributed by atoms with Gasteiger partial charge in [0.15, 0.2) is 0 Å². The topological polar surface area (TPSA) is 50.2 Å². The normalized spacial score (nSPS) is 11.8. The summed E-state index contributed by atoms with van der Waals surface area (Å²) in [5, 5.41) is 12.0. The Kier molecular flexibility index (Phi) is 3.40. The van der Waals surface area contributed by atoms with E-state index in [1.54, 1.807) is 6.08 Å². The smallest absolute Gasteiger partial charge is 0.337 e. The molecule has 0 atom stereocenters. The standard InChI is InChI=1S/C12H11NO2S2/c1-7-11(17-8(2)13-7)6-9(12(14)15)10-4-3-5-16-10/h3-6H,1-2H3,(H,14,15). The number of rotatable bonds is 3. The third-order valence-electron chi connectivity index (χ3n) is 2.23. The number of thiophene rings is 1. The van der Waals surface area contributed by atoms with Crippen molar-refractivity contribution in [3.63, 3.8) is 0 Å². The number of hydrogen-bond donors (Lipinski definition) is 1. The zero-order chi connectivity index (χ0) is 12.4. The van der Waals surface area contributed by atoms with Crippen molar-refractivity contribution in [3.05, 3.63) is 38.0 Å². The quantitative estimate of drug-likeness (QED) is 0.865. The van der Waals surface area contributed by atoms with Crippen molar-refractivity contribution in [2.45, 2.75) is 13.8 Å². The van der Waals surface area contributed by atoms with Crippen molar-refractivity contribution in [2.24, 2.45) is 0 Å². The van der Waals surface area contributed by atoms with Crippen LogP contribution in [0.25, 0.3) is 11.6 Å². The molecule has 0 aliphatic rings. The van der Waals surface area contributed by atoms with Crippen molar-refractivity contribution in [2.75, 3.05) is 0 Å². The summed E-state index contributed by atoms with van der Waals surface area (Å²) in [5.74, 6) is -0.905. The highest BCUT2D eigenvalue weighted by Gasteiger charge is 2.13. The Balaban J connectivity index is 2.47. The highest BCUT2D eigenvalue weighted by Crippen LogP contribution is 2.27. The molecule has 5 heteroatoms. The molecule has 0 aliphatic heterocycles. The molecule has 0 radical (unpaired) electrons. The van der Waals surface area contributed by atoms with Crippen molar-refractivity contribution < 1.29 is 9.90 Å². The first-order valence-corrected chi connectivity index (χ1v) is 6.70. The van der Waals surface area contributed by atoms with E-state index in [0.717, 1.165) is 20.5 Å². The van der Waals surface area contributed by atoms with E-state index in [-0.39, 0.29) is 0 Å². The van der Waals surface area contributed by atoms with Gasteiger partial charge in [0.2, 0.25) is 0 Å². The zero-order valence-electron chi connectivity index (χ0n) is 9.43. The van der Waals surface area contributed by atoms with Gasteiger partial charge in [0.25, 0.3) is 0 Å². The lowest BCUT2D eigenvalue weighted by Gasteiger charge is -1.98. The molecular formula is C12H11NO2S2. The largest absolute Gasteiger partial charge is 0.478 e. The van der Waals surface area contributed by atoms with Gasteiger partial charge in [-0.1, -0.05) is 6.07 Å². The van der Waals surface area contributed by atoms with Crippen LogP contribution < -0.4 is 0 Å². The van der Waals surface area contributed by atoms with Crippen molar-refractivity contribution in [1.82, 2.24) is 4.98 Å². The van der Waals surface area contributed by atoms with Crippen LogP contribution in [-0.4, -0.2) is 16.1 Å². The first-order valence-electron chi connectivity index (χ1n) is 5.01. The van der Waals surface area contributed by atoms with Crippen molar-refractivity contribution in [1.29, 1.82) is 0 Å². The lowest BCUT2D eigenvalue weighted by Crippen LogP contribution is -1.97. The van der Waals surface area contributed by atoms with Crippen LogP contribution in [0.1, 0.15) is 20.5 Å². The van der Waals surface area contributed by atoms with Crippen LogP contribution in [0.3, 0.4) is 0 Å². The van der Waals surface area contributed by atoms with E-state index in [1.165, 1.54) is 22.7 Å². The van der Waals surface area contributed by atoms with Gasteiger partial charge < -0.3 is 5.11 Å². The van der Waals surface area contributed by atoms with Gasteiger partial charge in [-0.15, -0.1) is 22.7 Å². The highest BCUT2D eigenvalue weighted by atomic mass is 32.1. The molecular weight excluding hydrogens is 254 g/mol. The second-order valence-electron chi connectivity index (χ2n) is 3.52. The molecule has 2 rings (SSSR count). The number of aryl methyl sites for hydroxylation is 2. The fraction of sp³-hybridized carbons (Fsp3) is 0.167. The van der Waals surface area contributed by atoms with Gasteiger partial charge >= 0.3 is 5.97 Å². The Labute approximate surface area is 107 Å². The predicted octanol–water partition coefficient (Wildman–Crippen LogP) is 3.45. The fourth-order valence-electron chi connectivity index (χ4n) is 1.48. The number of carboxylic acids is 1. The summed E-state index contributed by atoms with van der Waals surface area (Å²) in [7, 11) is 0. The third kappa shape index (κ3) is 2.62. The fourth-order valence-corrected chi connectivity index (χ4v) is 3.09. The van der Waals surface area contributed by atoms with Crippen LogP contribution in [0, 0.1) is 13.8 Å².